The number of hydrogen-bond donors (Lipinski definition) is 0. The molecule has 0 saturated heterocycles. The molecule has 0 N–H and O–H groups in total. The van der Waals surface area contributed by atoms with Crippen molar-refractivity contribution in [3.8, 4) is 0 Å². The van der Waals surface area contributed by atoms with E-state index in [1.165, 1.54) is 34.9 Å². The molecule has 1 fully saturated rings. The predicted octanol–water partition coefficient (Wildman–Crippen LogP) is 3.74. The Labute approximate surface area is 131 Å². The quantitative estimate of drug-likeness (QED) is 0.714. The second-order valence-electron chi connectivity index (χ2n) is 6.22. The van der Waals surface area contributed by atoms with Crippen molar-refractivity contribution in [1.82, 2.24) is 14.7 Å². The van der Waals surface area contributed by atoms with E-state index in [9.17, 15) is 0 Å². The van der Waals surface area contributed by atoms with Gasteiger partial charge in [0, 0.05) is 32.4 Å². The number of nitrogens with zero attached hydrogens (tertiary/aromatic N) is 3. The van der Waals surface area contributed by atoms with Gasteiger partial charge < -0.3 is 0 Å². The summed E-state index contributed by atoms with van der Waals surface area (Å²) < 4.78 is 1.98. The molecule has 1 saturated carbocycles. The summed E-state index contributed by atoms with van der Waals surface area (Å²) in [4.78, 5) is 2.60. The van der Waals surface area contributed by atoms with Crippen molar-refractivity contribution in [3.63, 3.8) is 0 Å². The summed E-state index contributed by atoms with van der Waals surface area (Å²) in [6, 6.07) is 18.2. The molecule has 1 aliphatic rings. The molecule has 0 radical (unpaired) electrons. The minimum Gasteiger partial charge on any atom is -0.290 e. The summed E-state index contributed by atoms with van der Waals surface area (Å²) >= 11 is 0. The maximum absolute atomic E-state index is 4.30. The predicted molar refractivity (Wildman–Crippen MR) is 89.4 cm³/mol. The lowest BCUT2D eigenvalue weighted by Gasteiger charge is -2.23. The molecule has 112 valence electrons. The van der Waals surface area contributed by atoms with Crippen LogP contribution >= 0.6 is 0 Å². The summed E-state index contributed by atoms with van der Waals surface area (Å²) in [5.74, 6) is 0. The smallest absolute Gasteiger partial charge is 0.0521 e. The third kappa shape index (κ3) is 2.64. The Kier molecular flexibility index (Phi) is 3.43. The van der Waals surface area contributed by atoms with Gasteiger partial charge in [-0.05, 0) is 35.2 Å². The van der Waals surface area contributed by atoms with Gasteiger partial charge in [0.05, 0.1) is 5.69 Å². The first kappa shape index (κ1) is 13.5. The molecule has 0 atom stereocenters. The van der Waals surface area contributed by atoms with Crippen molar-refractivity contribution >= 4 is 10.8 Å². The summed E-state index contributed by atoms with van der Waals surface area (Å²) in [5.41, 5.74) is 2.71. The monoisotopic (exact) mass is 291 g/mol. The first-order valence-corrected chi connectivity index (χ1v) is 7.99. The number of rotatable bonds is 5. The first-order valence-electron chi connectivity index (χ1n) is 7.99. The molecule has 3 aromatic rings. The maximum atomic E-state index is 4.30. The third-order valence-electron chi connectivity index (χ3n) is 4.60. The molecule has 0 amide bonds. The van der Waals surface area contributed by atoms with Crippen LogP contribution in [0.1, 0.15) is 24.1 Å². The van der Waals surface area contributed by atoms with Crippen molar-refractivity contribution in [1.29, 1.82) is 0 Å². The molecule has 1 heterocycles. The third-order valence-corrected chi connectivity index (χ3v) is 4.60. The molecule has 4 rings (SSSR count). The van der Waals surface area contributed by atoms with Crippen LogP contribution in [-0.2, 0) is 20.1 Å². The van der Waals surface area contributed by atoms with Crippen molar-refractivity contribution in [3.05, 3.63) is 66.0 Å². The Bertz CT molecular complexity index is 781. The van der Waals surface area contributed by atoms with E-state index in [4.69, 9.17) is 0 Å². The minimum absolute atomic E-state index is 0.730. The highest BCUT2D eigenvalue weighted by Crippen LogP contribution is 2.31. The van der Waals surface area contributed by atoms with E-state index >= 15 is 0 Å². The fraction of sp³-hybridized carbons (Fsp3) is 0.316. The lowest BCUT2D eigenvalue weighted by Crippen LogP contribution is -2.26. The molecular weight excluding hydrogens is 270 g/mol. The minimum atomic E-state index is 0.730. The van der Waals surface area contributed by atoms with Gasteiger partial charge in [-0.3, -0.25) is 9.58 Å². The molecule has 0 unspecified atom stereocenters. The topological polar surface area (TPSA) is 21.1 Å². The number of benzene rings is 2. The van der Waals surface area contributed by atoms with Gasteiger partial charge in [0.25, 0.3) is 0 Å². The Balaban J connectivity index is 1.62. The normalized spacial score (nSPS) is 14.8. The highest BCUT2D eigenvalue weighted by Gasteiger charge is 2.29. The van der Waals surface area contributed by atoms with Gasteiger partial charge in [0.15, 0.2) is 0 Å². The standard InChI is InChI=1S/C19H21N3/c1-21-18(11-12-20-21)14-22(17-9-10-17)13-16-7-4-6-15-5-2-3-8-19(15)16/h2-8,11-12,17H,9-10,13-14H2,1H3. The van der Waals surface area contributed by atoms with Gasteiger partial charge in [0.1, 0.15) is 0 Å². The van der Waals surface area contributed by atoms with Gasteiger partial charge >= 0.3 is 0 Å². The van der Waals surface area contributed by atoms with Gasteiger partial charge in [0.2, 0.25) is 0 Å². The molecule has 3 nitrogen and oxygen atoms in total. The fourth-order valence-corrected chi connectivity index (χ4v) is 3.17. The van der Waals surface area contributed by atoms with Crippen molar-refractivity contribution in [2.24, 2.45) is 7.05 Å². The molecule has 0 bridgehead atoms. The summed E-state index contributed by atoms with van der Waals surface area (Å²) in [6.45, 7) is 1.99. The van der Waals surface area contributed by atoms with Crippen LogP contribution in [0.25, 0.3) is 10.8 Å². The Morgan fingerprint density at radius 1 is 1.05 bits per heavy atom. The number of fused-ring (bicyclic) bond motifs is 1. The molecular formula is C19H21N3. The Hall–Kier alpha value is -2.13. The van der Waals surface area contributed by atoms with E-state index in [0.29, 0.717) is 0 Å². The SMILES string of the molecule is Cn1nccc1CN(Cc1cccc2ccccc12)C1CC1. The average molecular weight is 291 g/mol. The lowest BCUT2D eigenvalue weighted by atomic mass is 10.0. The Morgan fingerprint density at radius 2 is 1.86 bits per heavy atom. The zero-order chi connectivity index (χ0) is 14.9. The van der Waals surface area contributed by atoms with Crippen LogP contribution in [0.15, 0.2) is 54.7 Å². The van der Waals surface area contributed by atoms with Crippen LogP contribution < -0.4 is 0 Å². The second-order valence-corrected chi connectivity index (χ2v) is 6.22. The summed E-state index contributed by atoms with van der Waals surface area (Å²) in [7, 11) is 2.03. The van der Waals surface area contributed by atoms with Crippen LogP contribution in [-0.4, -0.2) is 20.7 Å². The molecule has 1 aromatic heterocycles. The van der Waals surface area contributed by atoms with Crippen LogP contribution in [0, 0.1) is 0 Å². The lowest BCUT2D eigenvalue weighted by molar-refractivity contribution is 0.240. The van der Waals surface area contributed by atoms with E-state index in [-0.39, 0.29) is 0 Å². The maximum Gasteiger partial charge on any atom is 0.0521 e. The molecule has 2 aromatic carbocycles. The van der Waals surface area contributed by atoms with Gasteiger partial charge in [-0.15, -0.1) is 0 Å². The van der Waals surface area contributed by atoms with Gasteiger partial charge in [-0.25, -0.2) is 0 Å². The second kappa shape index (κ2) is 5.58. The number of aryl methyl sites for hydroxylation is 1. The first-order chi connectivity index (χ1) is 10.8. The van der Waals surface area contributed by atoms with Crippen LogP contribution in [0.4, 0.5) is 0 Å². The average Bonchev–Trinajstić information content (AvgIpc) is 3.31. The molecule has 0 aliphatic heterocycles. The zero-order valence-corrected chi connectivity index (χ0v) is 12.9. The number of aromatic nitrogens is 2. The number of hydrogen-bond acceptors (Lipinski definition) is 2. The van der Waals surface area contributed by atoms with Crippen molar-refractivity contribution in [2.75, 3.05) is 0 Å². The Morgan fingerprint density at radius 3 is 2.64 bits per heavy atom. The molecule has 1 aliphatic carbocycles. The fourth-order valence-electron chi connectivity index (χ4n) is 3.17. The van der Waals surface area contributed by atoms with Gasteiger partial charge in [-0.1, -0.05) is 42.5 Å². The summed E-state index contributed by atoms with van der Waals surface area (Å²) in [6.07, 6.45) is 4.53. The van der Waals surface area contributed by atoms with Crippen LogP contribution in [0.5, 0.6) is 0 Å². The zero-order valence-electron chi connectivity index (χ0n) is 12.9. The molecule has 3 heteroatoms. The van der Waals surface area contributed by atoms with E-state index in [1.54, 1.807) is 0 Å². The highest BCUT2D eigenvalue weighted by molar-refractivity contribution is 5.85. The van der Waals surface area contributed by atoms with E-state index < -0.39 is 0 Å². The molecule has 0 spiro atoms. The summed E-state index contributed by atoms with van der Waals surface area (Å²) in [5, 5.41) is 7.00. The van der Waals surface area contributed by atoms with E-state index in [1.807, 2.05) is 17.9 Å². The van der Waals surface area contributed by atoms with Crippen molar-refractivity contribution in [2.45, 2.75) is 32.0 Å². The van der Waals surface area contributed by atoms with Crippen LogP contribution in [0.2, 0.25) is 0 Å². The van der Waals surface area contributed by atoms with E-state index in [2.05, 4.69) is 58.5 Å². The van der Waals surface area contributed by atoms with Crippen LogP contribution in [0.3, 0.4) is 0 Å². The molecule has 22 heavy (non-hydrogen) atoms. The van der Waals surface area contributed by atoms with Gasteiger partial charge in [-0.2, -0.15) is 5.10 Å². The highest BCUT2D eigenvalue weighted by atomic mass is 15.3. The van der Waals surface area contributed by atoms with E-state index in [0.717, 1.165) is 19.1 Å². The van der Waals surface area contributed by atoms with Crippen molar-refractivity contribution < 1.29 is 0 Å². The largest absolute Gasteiger partial charge is 0.290 e.